The molecule has 0 heterocycles. The molecule has 1 nitrogen and oxygen atoms in total. The highest BCUT2D eigenvalue weighted by Crippen LogP contribution is 1.86. The van der Waals surface area contributed by atoms with Crippen molar-refractivity contribution in [3.63, 3.8) is 0 Å². The molecule has 1 N–H and O–H groups in total. The van der Waals surface area contributed by atoms with Gasteiger partial charge in [-0.15, -0.1) is 0 Å². The highest BCUT2D eigenvalue weighted by molar-refractivity contribution is 4.75. The Bertz CT molecular complexity index is 48.1. The highest BCUT2D eigenvalue weighted by Gasteiger charge is 1.74. The Kier molecular flexibility index (Phi) is 5.46. The quantitative estimate of drug-likeness (QED) is 0.419. The lowest BCUT2D eigenvalue weighted by Crippen LogP contribution is -1.77. The van der Waals surface area contributed by atoms with Crippen molar-refractivity contribution in [3.8, 4) is 0 Å². The maximum Gasteiger partial charge on any atom is 0.0433 e. The van der Waals surface area contributed by atoms with Crippen LogP contribution in [0.3, 0.4) is 0 Å². The van der Waals surface area contributed by atoms with E-state index in [1.807, 2.05) is 13.0 Å². The molecule has 0 aliphatic carbocycles. The van der Waals surface area contributed by atoms with Crippen LogP contribution in [-0.4, -0.2) is 11.7 Å². The van der Waals surface area contributed by atoms with E-state index >= 15 is 0 Å². The Morgan fingerprint density at radius 2 is 2.29 bits per heavy atom. The van der Waals surface area contributed by atoms with Crippen LogP contribution >= 0.6 is 0 Å². The standard InChI is InChI=1S/C6H12O/c1-2-3-4-5-6-7/h2-3,7H,4-6H2,1H3/b3-2-. The van der Waals surface area contributed by atoms with Gasteiger partial charge in [0.05, 0.1) is 0 Å². The summed E-state index contributed by atoms with van der Waals surface area (Å²) in [5.41, 5.74) is 0. The molecule has 7 heavy (non-hydrogen) atoms. The SMILES string of the molecule is C/C=C\CCCO. The first-order chi connectivity index (χ1) is 3.41. The maximum absolute atomic E-state index is 8.26. The third-order valence-corrected chi connectivity index (χ3v) is 0.765. The normalized spacial score (nSPS) is 10.6. The molecule has 0 aliphatic rings. The molecule has 0 unspecified atom stereocenters. The lowest BCUT2D eigenvalue weighted by atomic mass is 10.3. The largest absolute Gasteiger partial charge is 0.396 e. The summed E-state index contributed by atoms with van der Waals surface area (Å²) in [6, 6.07) is 0. The van der Waals surface area contributed by atoms with Crippen LogP contribution in [0.4, 0.5) is 0 Å². The van der Waals surface area contributed by atoms with Gasteiger partial charge in [-0.25, -0.2) is 0 Å². The van der Waals surface area contributed by atoms with E-state index in [1.165, 1.54) is 0 Å². The van der Waals surface area contributed by atoms with Crippen LogP contribution in [0.5, 0.6) is 0 Å². The van der Waals surface area contributed by atoms with Crippen molar-refractivity contribution in [1.29, 1.82) is 0 Å². The molecule has 0 radical (unpaired) electrons. The van der Waals surface area contributed by atoms with Crippen LogP contribution in [0, 0.1) is 0 Å². The van der Waals surface area contributed by atoms with Crippen LogP contribution < -0.4 is 0 Å². The third kappa shape index (κ3) is 5.70. The molecule has 0 aliphatic heterocycles. The molecule has 0 saturated heterocycles. The molecular weight excluding hydrogens is 88.1 g/mol. The van der Waals surface area contributed by atoms with Gasteiger partial charge >= 0.3 is 0 Å². The number of hydrogen-bond donors (Lipinski definition) is 1. The summed E-state index contributed by atoms with van der Waals surface area (Å²) >= 11 is 0. The fourth-order valence-corrected chi connectivity index (χ4v) is 0.376. The van der Waals surface area contributed by atoms with E-state index in [0.717, 1.165) is 12.8 Å². The molecule has 0 aromatic heterocycles. The van der Waals surface area contributed by atoms with Crippen molar-refractivity contribution >= 4 is 0 Å². The Balaban J connectivity index is 2.69. The molecule has 0 fully saturated rings. The molecule has 0 spiro atoms. The van der Waals surface area contributed by atoms with Gasteiger partial charge in [-0.05, 0) is 19.8 Å². The second kappa shape index (κ2) is 5.70. The van der Waals surface area contributed by atoms with Gasteiger partial charge < -0.3 is 5.11 Å². The predicted molar refractivity (Wildman–Crippen MR) is 31.1 cm³/mol. The first-order valence-corrected chi connectivity index (χ1v) is 2.64. The van der Waals surface area contributed by atoms with E-state index in [2.05, 4.69) is 6.08 Å². The van der Waals surface area contributed by atoms with Gasteiger partial charge in [-0.2, -0.15) is 0 Å². The van der Waals surface area contributed by atoms with Gasteiger partial charge in [0.15, 0.2) is 0 Å². The van der Waals surface area contributed by atoms with Crippen molar-refractivity contribution in [1.82, 2.24) is 0 Å². The summed E-state index contributed by atoms with van der Waals surface area (Å²) in [6.07, 6.45) is 5.95. The van der Waals surface area contributed by atoms with Crippen molar-refractivity contribution in [2.45, 2.75) is 19.8 Å². The topological polar surface area (TPSA) is 20.2 Å². The average Bonchev–Trinajstić information content (AvgIpc) is 1.69. The number of aliphatic hydroxyl groups excluding tert-OH is 1. The minimum absolute atomic E-state index is 0.310. The smallest absolute Gasteiger partial charge is 0.0433 e. The molecule has 0 bridgehead atoms. The number of rotatable bonds is 3. The average molecular weight is 100 g/mol. The van der Waals surface area contributed by atoms with Gasteiger partial charge in [-0.1, -0.05) is 12.2 Å². The number of unbranched alkanes of at least 4 members (excludes halogenated alkanes) is 1. The van der Waals surface area contributed by atoms with Crippen molar-refractivity contribution in [3.05, 3.63) is 12.2 Å². The van der Waals surface area contributed by atoms with Gasteiger partial charge in [0.2, 0.25) is 0 Å². The molecular formula is C6H12O. The van der Waals surface area contributed by atoms with E-state index in [9.17, 15) is 0 Å². The second-order valence-electron chi connectivity index (χ2n) is 1.43. The van der Waals surface area contributed by atoms with Crippen LogP contribution in [0.1, 0.15) is 19.8 Å². The lowest BCUT2D eigenvalue weighted by Gasteiger charge is -1.83. The Morgan fingerprint density at radius 1 is 1.57 bits per heavy atom. The fraction of sp³-hybridized carbons (Fsp3) is 0.667. The van der Waals surface area contributed by atoms with Gasteiger partial charge in [0.1, 0.15) is 0 Å². The predicted octanol–water partition coefficient (Wildman–Crippen LogP) is 1.33. The van der Waals surface area contributed by atoms with Crippen LogP contribution in [0.15, 0.2) is 12.2 Å². The van der Waals surface area contributed by atoms with Crippen molar-refractivity contribution in [2.75, 3.05) is 6.61 Å². The minimum Gasteiger partial charge on any atom is -0.396 e. The molecule has 42 valence electrons. The Morgan fingerprint density at radius 3 is 2.71 bits per heavy atom. The number of allylic oxidation sites excluding steroid dienone is 2. The van der Waals surface area contributed by atoms with Crippen molar-refractivity contribution in [2.24, 2.45) is 0 Å². The zero-order valence-electron chi connectivity index (χ0n) is 4.72. The lowest BCUT2D eigenvalue weighted by molar-refractivity contribution is 0.289. The summed E-state index contributed by atoms with van der Waals surface area (Å²) in [5.74, 6) is 0. The summed E-state index contributed by atoms with van der Waals surface area (Å²) in [4.78, 5) is 0. The number of aliphatic hydroxyl groups is 1. The minimum atomic E-state index is 0.310. The first kappa shape index (κ1) is 6.70. The molecule has 0 aromatic carbocycles. The van der Waals surface area contributed by atoms with E-state index < -0.39 is 0 Å². The molecule has 1 heteroatoms. The summed E-state index contributed by atoms with van der Waals surface area (Å²) in [6.45, 7) is 2.29. The zero-order valence-corrected chi connectivity index (χ0v) is 4.72. The number of hydrogen-bond acceptors (Lipinski definition) is 1. The summed E-state index contributed by atoms with van der Waals surface area (Å²) in [5, 5.41) is 8.26. The van der Waals surface area contributed by atoms with Crippen molar-refractivity contribution < 1.29 is 5.11 Å². The third-order valence-electron chi connectivity index (χ3n) is 0.765. The van der Waals surface area contributed by atoms with Gasteiger partial charge in [-0.3, -0.25) is 0 Å². The Labute approximate surface area is 44.7 Å². The molecule has 0 amide bonds. The molecule has 0 atom stereocenters. The summed E-state index contributed by atoms with van der Waals surface area (Å²) < 4.78 is 0. The zero-order chi connectivity index (χ0) is 5.54. The van der Waals surface area contributed by atoms with E-state index in [0.29, 0.717) is 6.61 Å². The summed E-state index contributed by atoms with van der Waals surface area (Å²) in [7, 11) is 0. The van der Waals surface area contributed by atoms with E-state index in [4.69, 9.17) is 5.11 Å². The van der Waals surface area contributed by atoms with Gasteiger partial charge in [0, 0.05) is 6.61 Å². The molecule has 0 aromatic rings. The maximum atomic E-state index is 8.26. The monoisotopic (exact) mass is 100 g/mol. The van der Waals surface area contributed by atoms with Crippen LogP contribution in [-0.2, 0) is 0 Å². The van der Waals surface area contributed by atoms with E-state index in [1.54, 1.807) is 0 Å². The first-order valence-electron chi connectivity index (χ1n) is 2.64. The molecule has 0 rings (SSSR count). The highest BCUT2D eigenvalue weighted by atomic mass is 16.2. The fourth-order valence-electron chi connectivity index (χ4n) is 0.376. The Hall–Kier alpha value is -0.300. The van der Waals surface area contributed by atoms with Crippen LogP contribution in [0.25, 0.3) is 0 Å². The van der Waals surface area contributed by atoms with Gasteiger partial charge in [0.25, 0.3) is 0 Å². The molecule has 0 saturated carbocycles. The second-order valence-corrected chi connectivity index (χ2v) is 1.43. The van der Waals surface area contributed by atoms with E-state index in [-0.39, 0.29) is 0 Å². The van der Waals surface area contributed by atoms with Crippen LogP contribution in [0.2, 0.25) is 0 Å².